The molecule has 0 saturated carbocycles. The molecule has 0 unspecified atom stereocenters. The molecule has 1 aromatic heterocycles. The van der Waals surface area contributed by atoms with Crippen LogP contribution in [0.1, 0.15) is 12.0 Å². The minimum Gasteiger partial charge on any atom is -0.487 e. The largest absolute Gasteiger partial charge is 0.487 e. The van der Waals surface area contributed by atoms with Gasteiger partial charge in [0.15, 0.2) is 0 Å². The van der Waals surface area contributed by atoms with Crippen molar-refractivity contribution in [1.82, 2.24) is 14.6 Å². The Kier molecular flexibility index (Phi) is 5.24. The lowest BCUT2D eigenvalue weighted by Gasteiger charge is -2.23. The number of benzene rings is 1. The summed E-state index contributed by atoms with van der Waals surface area (Å²) in [6, 6.07) is 9.42. The van der Waals surface area contributed by atoms with E-state index in [4.69, 9.17) is 4.74 Å². The molecule has 2 aromatic rings. The lowest BCUT2D eigenvalue weighted by atomic mass is 10.2. The van der Waals surface area contributed by atoms with Gasteiger partial charge >= 0.3 is 0 Å². The van der Waals surface area contributed by atoms with Crippen molar-refractivity contribution in [2.75, 3.05) is 13.6 Å². The van der Waals surface area contributed by atoms with Gasteiger partial charge in [0.2, 0.25) is 15.9 Å². The number of carbonyl (C=O) groups excluding carboxylic acids is 1. The highest BCUT2D eigenvalue weighted by Crippen LogP contribution is 2.30. The first-order chi connectivity index (χ1) is 12.4. The molecule has 1 aliphatic rings. The van der Waals surface area contributed by atoms with Gasteiger partial charge in [-0.3, -0.25) is 9.78 Å². The second-order valence-electron chi connectivity index (χ2n) is 6.13. The number of aromatic nitrogens is 1. The van der Waals surface area contributed by atoms with Crippen molar-refractivity contribution >= 4 is 15.9 Å². The van der Waals surface area contributed by atoms with Gasteiger partial charge in [-0.15, -0.1) is 0 Å². The summed E-state index contributed by atoms with van der Waals surface area (Å²) in [5.74, 6) is 0.197. The monoisotopic (exact) mass is 375 g/mol. The normalized spacial score (nSPS) is 20.7. The van der Waals surface area contributed by atoms with Gasteiger partial charge in [-0.25, -0.2) is 8.42 Å². The summed E-state index contributed by atoms with van der Waals surface area (Å²) in [6.45, 7) is 1.84. The first-order valence-electron chi connectivity index (χ1n) is 8.29. The molecule has 1 aliphatic heterocycles. The van der Waals surface area contributed by atoms with Gasteiger partial charge in [0, 0.05) is 19.7 Å². The number of nitrogens with zero attached hydrogens (tertiary/aromatic N) is 2. The maximum absolute atomic E-state index is 13.2. The molecule has 0 bridgehead atoms. The number of carbonyl (C=O) groups is 1. The van der Waals surface area contributed by atoms with E-state index in [2.05, 4.69) is 10.3 Å². The van der Waals surface area contributed by atoms with Crippen LogP contribution < -0.4 is 10.1 Å². The van der Waals surface area contributed by atoms with Crippen LogP contribution in [0.4, 0.5) is 0 Å². The van der Waals surface area contributed by atoms with E-state index in [0.29, 0.717) is 11.3 Å². The summed E-state index contributed by atoms with van der Waals surface area (Å²) in [7, 11) is -2.33. The molecule has 2 atom stereocenters. The number of amides is 1. The van der Waals surface area contributed by atoms with E-state index in [1.54, 1.807) is 55.7 Å². The van der Waals surface area contributed by atoms with Crippen LogP contribution in [0.3, 0.4) is 0 Å². The number of sulfonamides is 1. The molecular formula is C18H21N3O4S. The first-order valence-corrected chi connectivity index (χ1v) is 9.73. The summed E-state index contributed by atoms with van der Waals surface area (Å²) in [5, 5.41) is 2.55. The molecule has 1 aromatic carbocycles. The second kappa shape index (κ2) is 7.43. The molecule has 1 saturated heterocycles. The number of rotatable bonds is 5. The molecule has 0 aliphatic carbocycles. The highest BCUT2D eigenvalue weighted by atomic mass is 32.2. The Morgan fingerprint density at radius 3 is 2.69 bits per heavy atom. The van der Waals surface area contributed by atoms with Crippen molar-refractivity contribution in [2.45, 2.75) is 30.4 Å². The zero-order chi connectivity index (χ0) is 18.7. The number of hydrogen-bond acceptors (Lipinski definition) is 5. The Labute approximate surface area is 153 Å². The third kappa shape index (κ3) is 3.56. The van der Waals surface area contributed by atoms with E-state index in [9.17, 15) is 13.2 Å². The second-order valence-corrected chi connectivity index (χ2v) is 7.99. The Hall–Kier alpha value is -2.45. The third-order valence-corrected chi connectivity index (χ3v) is 6.42. The molecule has 138 valence electrons. The maximum atomic E-state index is 13.2. The van der Waals surface area contributed by atoms with Crippen LogP contribution in [-0.2, 0) is 14.8 Å². The fourth-order valence-corrected chi connectivity index (χ4v) is 4.96. The first kappa shape index (κ1) is 18.3. The van der Waals surface area contributed by atoms with Crippen molar-refractivity contribution in [3.8, 4) is 5.75 Å². The van der Waals surface area contributed by atoms with E-state index < -0.39 is 22.2 Å². The number of ether oxygens (including phenoxy) is 1. The quantitative estimate of drug-likeness (QED) is 0.852. The van der Waals surface area contributed by atoms with Gasteiger partial charge in [0.05, 0.1) is 17.6 Å². The van der Waals surface area contributed by atoms with Crippen LogP contribution >= 0.6 is 0 Å². The summed E-state index contributed by atoms with van der Waals surface area (Å²) >= 11 is 0. The molecule has 1 N–H and O–H groups in total. The number of likely N-dealkylation sites (N-methyl/N-ethyl adjacent to an activating group) is 1. The summed E-state index contributed by atoms with van der Waals surface area (Å²) in [6.07, 6.45) is 3.04. The number of nitrogens with one attached hydrogen (secondary N) is 1. The molecule has 0 radical (unpaired) electrons. The smallest absolute Gasteiger partial charge is 0.244 e. The van der Waals surface area contributed by atoms with Gasteiger partial charge in [-0.1, -0.05) is 18.2 Å². The van der Waals surface area contributed by atoms with Crippen LogP contribution in [-0.4, -0.2) is 49.4 Å². The fraction of sp³-hybridized carbons (Fsp3) is 0.333. The Balaban J connectivity index is 1.90. The van der Waals surface area contributed by atoms with E-state index in [1.165, 1.54) is 11.4 Å². The van der Waals surface area contributed by atoms with Crippen LogP contribution in [0.25, 0.3) is 0 Å². The van der Waals surface area contributed by atoms with Gasteiger partial charge in [-0.05, 0) is 30.7 Å². The molecule has 1 amide bonds. The molecule has 7 nitrogen and oxygen atoms in total. The molecular weight excluding hydrogens is 354 g/mol. The van der Waals surface area contributed by atoms with Crippen LogP contribution in [0.2, 0.25) is 0 Å². The molecule has 3 rings (SSSR count). The van der Waals surface area contributed by atoms with Crippen LogP contribution in [0.5, 0.6) is 5.75 Å². The molecule has 26 heavy (non-hydrogen) atoms. The summed E-state index contributed by atoms with van der Waals surface area (Å²) in [4.78, 5) is 16.5. The number of aryl methyl sites for hydroxylation is 1. The van der Waals surface area contributed by atoms with Gasteiger partial charge in [0.1, 0.15) is 17.9 Å². The van der Waals surface area contributed by atoms with E-state index >= 15 is 0 Å². The lowest BCUT2D eigenvalue weighted by Crippen LogP contribution is -2.45. The van der Waals surface area contributed by atoms with Crippen molar-refractivity contribution < 1.29 is 17.9 Å². The SMILES string of the molecule is CNC(=O)[C@@H]1C[C@H](Oc2cccnc2)CN1S(=O)(=O)c1ccccc1C. The zero-order valence-corrected chi connectivity index (χ0v) is 15.4. The molecule has 8 heteroatoms. The van der Waals surface area contributed by atoms with Crippen LogP contribution in [0, 0.1) is 6.92 Å². The fourth-order valence-electron chi connectivity index (χ4n) is 3.11. The van der Waals surface area contributed by atoms with Crippen molar-refractivity contribution in [3.05, 3.63) is 54.4 Å². The van der Waals surface area contributed by atoms with E-state index in [1.807, 2.05) is 0 Å². The van der Waals surface area contributed by atoms with Gasteiger partial charge < -0.3 is 10.1 Å². The summed E-state index contributed by atoms with van der Waals surface area (Å²) < 4.78 is 33.4. The average molecular weight is 375 g/mol. The highest BCUT2D eigenvalue weighted by Gasteiger charge is 2.45. The minimum absolute atomic E-state index is 0.101. The Morgan fingerprint density at radius 2 is 2.04 bits per heavy atom. The van der Waals surface area contributed by atoms with E-state index in [0.717, 1.165) is 0 Å². The third-order valence-electron chi connectivity index (χ3n) is 4.38. The zero-order valence-electron chi connectivity index (χ0n) is 14.6. The topological polar surface area (TPSA) is 88.6 Å². The average Bonchev–Trinajstić information content (AvgIpc) is 3.07. The standard InChI is InChI=1S/C18H21N3O4S/c1-13-6-3-4-8-17(13)26(23,24)21-12-15(10-16(21)18(22)19-2)25-14-7-5-9-20-11-14/h3-9,11,15-16H,10,12H2,1-2H3,(H,19,22)/t15-,16-/m0/s1. The number of pyridine rings is 1. The van der Waals surface area contributed by atoms with Crippen molar-refractivity contribution in [1.29, 1.82) is 0 Å². The molecule has 2 heterocycles. The minimum atomic E-state index is -3.82. The predicted octanol–water partition coefficient (Wildman–Crippen LogP) is 1.35. The Bertz CT molecular complexity index is 886. The summed E-state index contributed by atoms with van der Waals surface area (Å²) in [5.41, 5.74) is 0.639. The maximum Gasteiger partial charge on any atom is 0.244 e. The van der Waals surface area contributed by atoms with E-state index in [-0.39, 0.29) is 23.8 Å². The highest BCUT2D eigenvalue weighted by molar-refractivity contribution is 7.89. The molecule has 0 spiro atoms. The number of hydrogen-bond donors (Lipinski definition) is 1. The lowest BCUT2D eigenvalue weighted by molar-refractivity contribution is -0.123. The molecule has 1 fully saturated rings. The van der Waals surface area contributed by atoms with Gasteiger partial charge in [-0.2, -0.15) is 4.31 Å². The van der Waals surface area contributed by atoms with Crippen LogP contribution in [0.15, 0.2) is 53.7 Å². The van der Waals surface area contributed by atoms with Crippen molar-refractivity contribution in [2.24, 2.45) is 0 Å². The predicted molar refractivity (Wildman–Crippen MR) is 96.2 cm³/mol. The van der Waals surface area contributed by atoms with Gasteiger partial charge in [0.25, 0.3) is 0 Å². The van der Waals surface area contributed by atoms with Crippen molar-refractivity contribution in [3.63, 3.8) is 0 Å². The Morgan fingerprint density at radius 1 is 1.27 bits per heavy atom.